The molecule has 1 aliphatic rings. The van der Waals surface area contributed by atoms with Crippen molar-refractivity contribution in [2.45, 2.75) is 27.2 Å². The molecule has 0 saturated carbocycles. The molecule has 7 nitrogen and oxygen atoms in total. The minimum atomic E-state index is 0.313. The van der Waals surface area contributed by atoms with Crippen LogP contribution in [0.5, 0.6) is 6.01 Å². The number of ether oxygens (including phenoxy) is 1. The molecule has 0 aliphatic carbocycles. The molecule has 1 aromatic heterocycles. The topological polar surface area (TPSA) is 89.2 Å². The monoisotopic (exact) mass is 266 g/mol. The van der Waals surface area contributed by atoms with Gasteiger partial charge in [0, 0.05) is 13.1 Å². The Kier molecular flexibility index (Phi) is 4.36. The fourth-order valence-electron chi connectivity index (χ4n) is 2.26. The van der Waals surface area contributed by atoms with Crippen molar-refractivity contribution in [2.75, 3.05) is 30.0 Å². The number of nitrogens with zero attached hydrogens (tertiary/aromatic N) is 4. The zero-order chi connectivity index (χ0) is 13.8. The molecule has 0 spiro atoms. The van der Waals surface area contributed by atoms with Crippen molar-refractivity contribution < 1.29 is 4.74 Å². The normalized spacial score (nSPS) is 19.0. The zero-order valence-electron chi connectivity index (χ0n) is 11.8. The summed E-state index contributed by atoms with van der Waals surface area (Å²) in [5.74, 6) is 7.70. The number of aromatic nitrogens is 3. The Balaban J connectivity index is 2.17. The number of nitrogens with two attached hydrogens (primary N) is 1. The summed E-state index contributed by atoms with van der Waals surface area (Å²) < 4.78 is 5.34. The minimum Gasteiger partial charge on any atom is -0.464 e. The van der Waals surface area contributed by atoms with Crippen LogP contribution < -0.4 is 20.9 Å². The Morgan fingerprint density at radius 1 is 1.42 bits per heavy atom. The molecule has 1 atom stereocenters. The second kappa shape index (κ2) is 6.01. The molecule has 106 valence electrons. The lowest BCUT2D eigenvalue weighted by Crippen LogP contribution is -2.25. The van der Waals surface area contributed by atoms with Crippen molar-refractivity contribution in [1.82, 2.24) is 15.0 Å². The molecule has 1 aromatic rings. The van der Waals surface area contributed by atoms with E-state index < -0.39 is 0 Å². The third-order valence-electron chi connectivity index (χ3n) is 3.46. The third kappa shape index (κ3) is 3.23. The Morgan fingerprint density at radius 3 is 2.79 bits per heavy atom. The highest BCUT2D eigenvalue weighted by atomic mass is 16.5. The molecule has 1 unspecified atom stereocenters. The summed E-state index contributed by atoms with van der Waals surface area (Å²) in [5.41, 5.74) is 2.45. The summed E-state index contributed by atoms with van der Waals surface area (Å²) in [7, 11) is 0. The molecule has 0 amide bonds. The maximum atomic E-state index is 5.38. The molecule has 0 bridgehead atoms. The minimum absolute atomic E-state index is 0.313. The molecule has 1 saturated heterocycles. The first-order valence-electron chi connectivity index (χ1n) is 6.74. The van der Waals surface area contributed by atoms with Gasteiger partial charge in [-0.2, -0.15) is 15.0 Å². The molecule has 1 fully saturated rings. The fraction of sp³-hybridized carbons (Fsp3) is 0.750. The van der Waals surface area contributed by atoms with Crippen LogP contribution in [0, 0.1) is 11.8 Å². The van der Waals surface area contributed by atoms with E-state index in [2.05, 4.69) is 39.1 Å². The van der Waals surface area contributed by atoms with Crippen molar-refractivity contribution in [1.29, 1.82) is 0 Å². The van der Waals surface area contributed by atoms with Crippen LogP contribution >= 0.6 is 0 Å². The highest BCUT2D eigenvalue weighted by Gasteiger charge is 2.27. The van der Waals surface area contributed by atoms with Gasteiger partial charge in [-0.3, -0.25) is 5.43 Å². The highest BCUT2D eigenvalue weighted by Crippen LogP contribution is 2.27. The lowest BCUT2D eigenvalue weighted by molar-refractivity contribution is 0.312. The van der Waals surface area contributed by atoms with E-state index in [1.165, 1.54) is 6.42 Å². The van der Waals surface area contributed by atoms with Gasteiger partial charge in [0.1, 0.15) is 0 Å². The van der Waals surface area contributed by atoms with E-state index in [9.17, 15) is 0 Å². The summed E-state index contributed by atoms with van der Waals surface area (Å²) >= 11 is 0. The smallest absolute Gasteiger partial charge is 0.323 e. The van der Waals surface area contributed by atoms with Crippen LogP contribution in [-0.4, -0.2) is 34.6 Å². The number of hydrogen-bond donors (Lipinski definition) is 2. The van der Waals surface area contributed by atoms with Gasteiger partial charge in [0.05, 0.1) is 6.61 Å². The standard InChI is InChI=1S/C12H22N6O/c1-4-19-12-15-10(17-13)14-11(16-12)18-6-5-9(7-18)8(2)3/h8-9H,4-7,13H2,1-3H3,(H,14,15,16,17). The maximum absolute atomic E-state index is 5.38. The van der Waals surface area contributed by atoms with E-state index in [1.54, 1.807) is 0 Å². The molecule has 2 rings (SSSR count). The van der Waals surface area contributed by atoms with Crippen LogP contribution in [-0.2, 0) is 0 Å². The summed E-state index contributed by atoms with van der Waals surface area (Å²) in [4.78, 5) is 14.9. The molecule has 2 heterocycles. The first-order valence-corrected chi connectivity index (χ1v) is 6.74. The van der Waals surface area contributed by atoms with Gasteiger partial charge in [-0.05, 0) is 25.2 Å². The van der Waals surface area contributed by atoms with Gasteiger partial charge in [-0.1, -0.05) is 13.8 Å². The van der Waals surface area contributed by atoms with Crippen molar-refractivity contribution >= 4 is 11.9 Å². The fourth-order valence-corrected chi connectivity index (χ4v) is 2.26. The Hall–Kier alpha value is -1.63. The predicted molar refractivity (Wildman–Crippen MR) is 74.0 cm³/mol. The lowest BCUT2D eigenvalue weighted by atomic mass is 9.95. The summed E-state index contributed by atoms with van der Waals surface area (Å²) in [6.45, 7) is 8.84. The summed E-state index contributed by atoms with van der Waals surface area (Å²) in [5, 5.41) is 0. The maximum Gasteiger partial charge on any atom is 0.323 e. The molecule has 7 heteroatoms. The average Bonchev–Trinajstić information content (AvgIpc) is 2.88. The summed E-state index contributed by atoms with van der Waals surface area (Å²) in [6.07, 6.45) is 1.17. The van der Waals surface area contributed by atoms with E-state index in [0.29, 0.717) is 36.3 Å². The quantitative estimate of drug-likeness (QED) is 0.608. The van der Waals surface area contributed by atoms with E-state index in [-0.39, 0.29) is 0 Å². The van der Waals surface area contributed by atoms with Crippen molar-refractivity contribution in [3.05, 3.63) is 0 Å². The molecule has 0 aromatic carbocycles. The first kappa shape index (κ1) is 13.8. The van der Waals surface area contributed by atoms with E-state index in [1.807, 2.05) is 6.92 Å². The van der Waals surface area contributed by atoms with E-state index in [4.69, 9.17) is 10.6 Å². The van der Waals surface area contributed by atoms with Gasteiger partial charge >= 0.3 is 6.01 Å². The highest BCUT2D eigenvalue weighted by molar-refractivity contribution is 5.38. The molecule has 0 radical (unpaired) electrons. The SMILES string of the molecule is CCOc1nc(NN)nc(N2CCC(C(C)C)C2)n1. The Labute approximate surface area is 113 Å². The second-order valence-corrected chi connectivity index (χ2v) is 5.06. The van der Waals surface area contributed by atoms with Crippen LogP contribution in [0.25, 0.3) is 0 Å². The van der Waals surface area contributed by atoms with Gasteiger partial charge in [-0.15, -0.1) is 0 Å². The van der Waals surface area contributed by atoms with Crippen LogP contribution in [0.2, 0.25) is 0 Å². The van der Waals surface area contributed by atoms with Crippen LogP contribution in [0.1, 0.15) is 27.2 Å². The molecule has 19 heavy (non-hydrogen) atoms. The number of nitrogen functional groups attached to an aromatic ring is 1. The summed E-state index contributed by atoms with van der Waals surface area (Å²) in [6, 6.07) is 0.313. The predicted octanol–water partition coefficient (Wildman–Crippen LogP) is 1.04. The van der Waals surface area contributed by atoms with Gasteiger partial charge in [-0.25, -0.2) is 5.84 Å². The number of rotatable bonds is 5. The van der Waals surface area contributed by atoms with Gasteiger partial charge in [0.2, 0.25) is 11.9 Å². The van der Waals surface area contributed by atoms with E-state index >= 15 is 0 Å². The largest absolute Gasteiger partial charge is 0.464 e. The molecule has 1 aliphatic heterocycles. The van der Waals surface area contributed by atoms with Crippen molar-refractivity contribution in [3.63, 3.8) is 0 Å². The van der Waals surface area contributed by atoms with Gasteiger partial charge < -0.3 is 9.64 Å². The number of hydrazine groups is 1. The first-order chi connectivity index (χ1) is 9.13. The van der Waals surface area contributed by atoms with Crippen LogP contribution in [0.4, 0.5) is 11.9 Å². The zero-order valence-corrected chi connectivity index (χ0v) is 11.8. The number of hydrogen-bond acceptors (Lipinski definition) is 7. The molecular formula is C12H22N6O. The lowest BCUT2D eigenvalue weighted by Gasteiger charge is -2.18. The Bertz CT molecular complexity index is 425. The van der Waals surface area contributed by atoms with E-state index in [0.717, 1.165) is 13.1 Å². The number of anilines is 2. The molecular weight excluding hydrogens is 244 g/mol. The number of nitrogens with one attached hydrogen (secondary N) is 1. The van der Waals surface area contributed by atoms with Crippen molar-refractivity contribution in [2.24, 2.45) is 17.7 Å². The van der Waals surface area contributed by atoms with Crippen LogP contribution in [0.3, 0.4) is 0 Å². The Morgan fingerprint density at radius 2 is 2.21 bits per heavy atom. The van der Waals surface area contributed by atoms with Gasteiger partial charge in [0.25, 0.3) is 0 Å². The second-order valence-electron chi connectivity index (χ2n) is 5.06. The van der Waals surface area contributed by atoms with Crippen molar-refractivity contribution in [3.8, 4) is 6.01 Å². The third-order valence-corrected chi connectivity index (χ3v) is 3.46. The van der Waals surface area contributed by atoms with Gasteiger partial charge in [0.15, 0.2) is 0 Å². The van der Waals surface area contributed by atoms with Crippen LogP contribution in [0.15, 0.2) is 0 Å². The average molecular weight is 266 g/mol. The molecule has 3 N–H and O–H groups in total.